The molecule has 8 heteroatoms. The van der Waals surface area contributed by atoms with Crippen molar-refractivity contribution in [3.63, 3.8) is 0 Å². The number of anilines is 1. The van der Waals surface area contributed by atoms with Crippen LogP contribution >= 0.6 is 12.4 Å². The Balaban J connectivity index is 0.00000182. The van der Waals surface area contributed by atoms with E-state index in [1.54, 1.807) is 12.4 Å². The largest absolute Gasteiger partial charge is 0.339 e. The van der Waals surface area contributed by atoms with Crippen molar-refractivity contribution < 1.29 is 0 Å². The number of pyridine rings is 1. The second-order valence-corrected chi connectivity index (χ2v) is 6.28. The number of H-pyrrole nitrogens is 1. The van der Waals surface area contributed by atoms with E-state index < -0.39 is 0 Å². The number of aromatic amines is 1. The summed E-state index contributed by atoms with van der Waals surface area (Å²) in [6.45, 7) is 4.78. The standard InChI is InChI=1S/C17H21N7.ClH/c1-12-15-8-13(10-21-16(15)23-22-12)9-20-14-4-2-7-24(11-14)17-18-5-3-6-19-17;/h3,5-6,8,10,14,20H,2,4,7,9,11H2,1H3,(H,21,22,23);1H. The van der Waals surface area contributed by atoms with Crippen molar-refractivity contribution >= 4 is 29.4 Å². The zero-order valence-electron chi connectivity index (χ0n) is 14.1. The molecule has 3 aromatic heterocycles. The maximum atomic E-state index is 4.42. The molecule has 0 spiro atoms. The molecule has 0 radical (unpaired) electrons. The van der Waals surface area contributed by atoms with Gasteiger partial charge in [0.1, 0.15) is 0 Å². The maximum absolute atomic E-state index is 4.42. The summed E-state index contributed by atoms with van der Waals surface area (Å²) in [5.74, 6) is 0.820. The Morgan fingerprint density at radius 3 is 2.96 bits per heavy atom. The van der Waals surface area contributed by atoms with Gasteiger partial charge in [-0.05, 0) is 37.5 Å². The molecule has 1 aliphatic rings. The van der Waals surface area contributed by atoms with Gasteiger partial charge < -0.3 is 10.2 Å². The predicted molar refractivity (Wildman–Crippen MR) is 100.0 cm³/mol. The number of aromatic nitrogens is 5. The van der Waals surface area contributed by atoms with E-state index in [9.17, 15) is 0 Å². The molecule has 25 heavy (non-hydrogen) atoms. The fourth-order valence-corrected chi connectivity index (χ4v) is 3.20. The van der Waals surface area contributed by atoms with E-state index in [2.05, 4.69) is 41.4 Å². The molecule has 132 valence electrons. The molecule has 0 amide bonds. The van der Waals surface area contributed by atoms with Gasteiger partial charge in [-0.1, -0.05) is 0 Å². The zero-order valence-corrected chi connectivity index (χ0v) is 15.0. The van der Waals surface area contributed by atoms with E-state index in [1.807, 2.05) is 19.2 Å². The molecule has 3 aromatic rings. The summed E-state index contributed by atoms with van der Waals surface area (Å²) >= 11 is 0. The third kappa shape index (κ3) is 3.88. The monoisotopic (exact) mass is 359 g/mol. The highest BCUT2D eigenvalue weighted by Crippen LogP contribution is 2.17. The first-order chi connectivity index (χ1) is 11.8. The first kappa shape index (κ1) is 17.6. The number of fused-ring (bicyclic) bond motifs is 1. The van der Waals surface area contributed by atoms with Gasteiger partial charge in [0.2, 0.25) is 5.95 Å². The molecule has 1 unspecified atom stereocenters. The molecule has 1 atom stereocenters. The lowest BCUT2D eigenvalue weighted by Crippen LogP contribution is -2.46. The molecule has 2 N–H and O–H groups in total. The summed E-state index contributed by atoms with van der Waals surface area (Å²) < 4.78 is 0. The van der Waals surface area contributed by atoms with Crippen LogP contribution in [-0.2, 0) is 6.54 Å². The topological polar surface area (TPSA) is 82.6 Å². The fraction of sp³-hybridized carbons (Fsp3) is 0.412. The molecule has 7 nitrogen and oxygen atoms in total. The molecule has 1 saturated heterocycles. The highest BCUT2D eigenvalue weighted by atomic mass is 35.5. The minimum absolute atomic E-state index is 0. The average molecular weight is 360 g/mol. The summed E-state index contributed by atoms with van der Waals surface area (Å²) in [5, 5.41) is 11.9. The number of nitrogens with one attached hydrogen (secondary N) is 2. The van der Waals surface area contributed by atoms with Gasteiger partial charge in [0.15, 0.2) is 5.65 Å². The van der Waals surface area contributed by atoms with Gasteiger partial charge in [-0.25, -0.2) is 15.0 Å². The van der Waals surface area contributed by atoms with Crippen LogP contribution in [0.15, 0.2) is 30.7 Å². The molecule has 1 aliphatic heterocycles. The van der Waals surface area contributed by atoms with Crippen molar-refractivity contribution in [1.82, 2.24) is 30.5 Å². The number of rotatable bonds is 4. The predicted octanol–water partition coefficient (Wildman–Crippen LogP) is 2.24. The van der Waals surface area contributed by atoms with Gasteiger partial charge >= 0.3 is 0 Å². The normalized spacial score (nSPS) is 17.5. The van der Waals surface area contributed by atoms with Crippen LogP contribution in [0.2, 0.25) is 0 Å². The van der Waals surface area contributed by atoms with Crippen LogP contribution in [0.25, 0.3) is 11.0 Å². The Bertz CT molecular complexity index is 820. The molecular weight excluding hydrogens is 338 g/mol. The van der Waals surface area contributed by atoms with Crippen LogP contribution in [-0.4, -0.2) is 44.3 Å². The van der Waals surface area contributed by atoms with Gasteiger partial charge in [0.25, 0.3) is 0 Å². The molecule has 0 saturated carbocycles. The molecule has 0 bridgehead atoms. The fourth-order valence-electron chi connectivity index (χ4n) is 3.20. The first-order valence-electron chi connectivity index (χ1n) is 8.34. The van der Waals surface area contributed by atoms with Crippen molar-refractivity contribution in [1.29, 1.82) is 0 Å². The van der Waals surface area contributed by atoms with Crippen LogP contribution in [0.5, 0.6) is 0 Å². The Labute approximate surface area is 152 Å². The third-order valence-electron chi connectivity index (χ3n) is 4.51. The lowest BCUT2D eigenvalue weighted by atomic mass is 10.1. The second kappa shape index (κ2) is 7.76. The van der Waals surface area contributed by atoms with Crippen LogP contribution in [0.3, 0.4) is 0 Å². The number of hydrogen-bond acceptors (Lipinski definition) is 6. The van der Waals surface area contributed by atoms with E-state index in [0.717, 1.165) is 48.7 Å². The smallest absolute Gasteiger partial charge is 0.225 e. The van der Waals surface area contributed by atoms with E-state index in [0.29, 0.717) is 6.04 Å². The second-order valence-electron chi connectivity index (χ2n) is 6.28. The minimum atomic E-state index is 0. The summed E-state index contributed by atoms with van der Waals surface area (Å²) in [4.78, 5) is 15.4. The van der Waals surface area contributed by atoms with Crippen LogP contribution in [0.1, 0.15) is 24.1 Å². The van der Waals surface area contributed by atoms with Crippen molar-refractivity contribution in [2.75, 3.05) is 18.0 Å². The minimum Gasteiger partial charge on any atom is -0.339 e. The van der Waals surface area contributed by atoms with Crippen molar-refractivity contribution in [3.05, 3.63) is 42.0 Å². The van der Waals surface area contributed by atoms with Gasteiger partial charge in [-0.15, -0.1) is 12.4 Å². The summed E-state index contributed by atoms with van der Waals surface area (Å²) in [6.07, 6.45) is 7.81. The Kier molecular flexibility index (Phi) is 5.45. The Hall–Kier alpha value is -2.25. The molecular formula is C17H22ClN7. The quantitative estimate of drug-likeness (QED) is 0.743. The van der Waals surface area contributed by atoms with Crippen molar-refractivity contribution in [2.45, 2.75) is 32.4 Å². The molecule has 0 aliphatic carbocycles. The van der Waals surface area contributed by atoms with Crippen molar-refractivity contribution in [2.24, 2.45) is 0 Å². The number of nitrogens with zero attached hydrogens (tertiary/aromatic N) is 5. The highest BCUT2D eigenvalue weighted by molar-refractivity contribution is 5.85. The van der Waals surface area contributed by atoms with E-state index in [4.69, 9.17) is 0 Å². The SMILES string of the molecule is Cc1[nH]nc2ncc(CNC3CCCN(c4ncccn4)C3)cc12.Cl. The molecule has 4 rings (SSSR count). The molecule has 0 aromatic carbocycles. The van der Waals surface area contributed by atoms with Crippen LogP contribution in [0.4, 0.5) is 5.95 Å². The van der Waals surface area contributed by atoms with Gasteiger partial charge in [-0.2, -0.15) is 5.10 Å². The van der Waals surface area contributed by atoms with E-state index in [1.165, 1.54) is 12.0 Å². The Morgan fingerprint density at radius 1 is 1.28 bits per heavy atom. The van der Waals surface area contributed by atoms with E-state index in [-0.39, 0.29) is 12.4 Å². The van der Waals surface area contributed by atoms with Crippen molar-refractivity contribution in [3.8, 4) is 0 Å². The van der Waals surface area contributed by atoms with Gasteiger partial charge in [0, 0.05) is 55.3 Å². The number of piperidine rings is 1. The van der Waals surface area contributed by atoms with E-state index >= 15 is 0 Å². The highest BCUT2D eigenvalue weighted by Gasteiger charge is 2.21. The summed E-state index contributed by atoms with van der Waals surface area (Å²) in [6, 6.07) is 4.45. The van der Waals surface area contributed by atoms with Crippen LogP contribution < -0.4 is 10.2 Å². The number of aryl methyl sites for hydroxylation is 1. The lowest BCUT2D eigenvalue weighted by Gasteiger charge is -2.33. The van der Waals surface area contributed by atoms with Gasteiger partial charge in [0.05, 0.1) is 0 Å². The Morgan fingerprint density at radius 2 is 2.12 bits per heavy atom. The molecule has 1 fully saturated rings. The summed E-state index contributed by atoms with van der Waals surface area (Å²) in [5.41, 5.74) is 3.02. The first-order valence-corrected chi connectivity index (χ1v) is 8.34. The summed E-state index contributed by atoms with van der Waals surface area (Å²) in [7, 11) is 0. The number of hydrogen-bond donors (Lipinski definition) is 2. The molecule has 4 heterocycles. The lowest BCUT2D eigenvalue weighted by molar-refractivity contribution is 0.418. The van der Waals surface area contributed by atoms with Gasteiger partial charge in [-0.3, -0.25) is 5.10 Å². The maximum Gasteiger partial charge on any atom is 0.225 e. The third-order valence-corrected chi connectivity index (χ3v) is 4.51. The average Bonchev–Trinajstić information content (AvgIpc) is 3.02. The number of halogens is 1. The van der Waals surface area contributed by atoms with Crippen LogP contribution in [0, 0.1) is 6.92 Å². The zero-order chi connectivity index (χ0) is 16.4.